The lowest BCUT2D eigenvalue weighted by atomic mass is 10.2. The number of hydrogen-bond donors (Lipinski definition) is 2. The molecule has 1 aromatic carbocycles. The van der Waals surface area contributed by atoms with Gasteiger partial charge in [-0.15, -0.1) is 0 Å². The van der Waals surface area contributed by atoms with Crippen LogP contribution in [0.25, 0.3) is 0 Å². The molecule has 0 saturated heterocycles. The molecule has 3 aromatic rings. The Morgan fingerprint density at radius 2 is 2.07 bits per heavy atom. The Morgan fingerprint density at radius 3 is 2.81 bits per heavy atom. The van der Waals surface area contributed by atoms with Crippen LogP contribution in [0.15, 0.2) is 42.7 Å². The van der Waals surface area contributed by atoms with E-state index in [1.807, 2.05) is 31.2 Å². The van der Waals surface area contributed by atoms with Crippen LogP contribution in [-0.4, -0.2) is 36.5 Å². The van der Waals surface area contributed by atoms with E-state index in [2.05, 4.69) is 15.5 Å². The summed E-state index contributed by atoms with van der Waals surface area (Å²) in [5.74, 6) is -0.863. The number of amides is 1. The second kappa shape index (κ2) is 8.05. The Labute approximate surface area is 160 Å². The number of nitrogens with one attached hydrogen (secondary N) is 1. The van der Waals surface area contributed by atoms with Crippen molar-refractivity contribution in [1.29, 1.82) is 0 Å². The summed E-state index contributed by atoms with van der Waals surface area (Å²) < 4.78 is 3.18. The van der Waals surface area contributed by atoms with E-state index in [1.165, 1.54) is 17.1 Å². The van der Waals surface area contributed by atoms with Crippen molar-refractivity contribution in [3.63, 3.8) is 0 Å². The lowest BCUT2D eigenvalue weighted by molar-refractivity contribution is -0.137. The number of hydrogen-bond acceptors (Lipinski definition) is 4. The lowest BCUT2D eigenvalue weighted by Gasteiger charge is -2.06. The minimum atomic E-state index is -0.920. The number of anilines is 1. The molecule has 140 valence electrons. The van der Waals surface area contributed by atoms with Gasteiger partial charge in [0.1, 0.15) is 0 Å². The molecule has 0 fully saturated rings. The van der Waals surface area contributed by atoms with E-state index < -0.39 is 5.97 Å². The third-order valence-corrected chi connectivity index (χ3v) is 4.32. The highest BCUT2D eigenvalue weighted by atomic mass is 35.5. The van der Waals surface area contributed by atoms with Crippen LogP contribution in [0.5, 0.6) is 0 Å². The molecule has 8 nitrogen and oxygen atoms in total. The maximum absolute atomic E-state index is 12.3. The van der Waals surface area contributed by atoms with Crippen LogP contribution in [0, 0.1) is 6.92 Å². The first kappa shape index (κ1) is 18.7. The van der Waals surface area contributed by atoms with Gasteiger partial charge in [-0.3, -0.25) is 19.0 Å². The Hall–Kier alpha value is -3.13. The first-order valence-corrected chi connectivity index (χ1v) is 8.63. The molecule has 1 amide bonds. The molecule has 0 aliphatic carbocycles. The topological polar surface area (TPSA) is 102 Å². The number of carboxylic acid groups (broad SMARTS) is 1. The van der Waals surface area contributed by atoms with Gasteiger partial charge < -0.3 is 10.4 Å². The summed E-state index contributed by atoms with van der Waals surface area (Å²) in [6.45, 7) is 2.59. The number of aryl methyl sites for hydroxylation is 2. The summed E-state index contributed by atoms with van der Waals surface area (Å²) in [6.07, 6.45) is 2.84. The Morgan fingerprint density at radius 1 is 1.30 bits per heavy atom. The fourth-order valence-corrected chi connectivity index (χ4v) is 2.72. The predicted molar refractivity (Wildman–Crippen MR) is 100.0 cm³/mol. The van der Waals surface area contributed by atoms with Gasteiger partial charge in [-0.25, -0.2) is 0 Å². The average Bonchev–Trinajstić information content (AvgIpc) is 3.22. The van der Waals surface area contributed by atoms with Crippen molar-refractivity contribution in [2.75, 3.05) is 5.32 Å². The van der Waals surface area contributed by atoms with Crippen molar-refractivity contribution >= 4 is 29.3 Å². The molecule has 2 heterocycles. The molecule has 27 heavy (non-hydrogen) atoms. The zero-order chi connectivity index (χ0) is 19.4. The van der Waals surface area contributed by atoms with E-state index >= 15 is 0 Å². The van der Waals surface area contributed by atoms with Gasteiger partial charge in [0, 0.05) is 23.0 Å². The normalized spacial score (nSPS) is 10.7. The van der Waals surface area contributed by atoms with Gasteiger partial charge in [-0.2, -0.15) is 10.2 Å². The molecule has 0 bridgehead atoms. The molecule has 2 N–H and O–H groups in total. The first-order chi connectivity index (χ1) is 12.9. The summed E-state index contributed by atoms with van der Waals surface area (Å²) in [7, 11) is 0. The molecule has 0 aliphatic rings. The van der Waals surface area contributed by atoms with Crippen molar-refractivity contribution in [3.05, 3.63) is 64.6 Å². The summed E-state index contributed by atoms with van der Waals surface area (Å²) >= 11 is 6.19. The lowest BCUT2D eigenvalue weighted by Crippen LogP contribution is -2.12. The SMILES string of the molecule is Cc1cc(NC(=O)c2cnn(CCC(=O)O)c2)nn1Cc1ccccc1Cl. The molecule has 0 radical (unpaired) electrons. The Balaban J connectivity index is 1.67. The predicted octanol–water partition coefficient (Wildman–Crippen LogP) is 2.82. The highest BCUT2D eigenvalue weighted by Gasteiger charge is 2.13. The van der Waals surface area contributed by atoms with Gasteiger partial charge in [0.15, 0.2) is 5.82 Å². The number of aromatic nitrogens is 4. The van der Waals surface area contributed by atoms with Gasteiger partial charge in [0.05, 0.1) is 31.3 Å². The molecule has 0 spiro atoms. The zero-order valence-electron chi connectivity index (χ0n) is 14.6. The number of nitrogens with zero attached hydrogens (tertiary/aromatic N) is 4. The highest BCUT2D eigenvalue weighted by Crippen LogP contribution is 2.18. The maximum Gasteiger partial charge on any atom is 0.305 e. The van der Waals surface area contributed by atoms with Gasteiger partial charge in [0.2, 0.25) is 0 Å². The van der Waals surface area contributed by atoms with Crippen molar-refractivity contribution in [3.8, 4) is 0 Å². The molecule has 9 heteroatoms. The van der Waals surface area contributed by atoms with Crippen LogP contribution in [0.2, 0.25) is 5.02 Å². The second-order valence-electron chi connectivity index (χ2n) is 6.01. The van der Waals surface area contributed by atoms with Crippen LogP contribution in [0.3, 0.4) is 0 Å². The van der Waals surface area contributed by atoms with Gasteiger partial charge in [-0.1, -0.05) is 29.8 Å². The molecule has 0 saturated carbocycles. The van der Waals surface area contributed by atoms with Crippen LogP contribution in [-0.2, 0) is 17.9 Å². The third kappa shape index (κ3) is 4.73. The highest BCUT2D eigenvalue weighted by molar-refractivity contribution is 6.31. The van der Waals surface area contributed by atoms with Crippen molar-refractivity contribution in [2.24, 2.45) is 0 Å². The number of rotatable bonds is 7. The van der Waals surface area contributed by atoms with Gasteiger partial charge in [-0.05, 0) is 18.6 Å². The van der Waals surface area contributed by atoms with Crippen molar-refractivity contribution < 1.29 is 14.7 Å². The fourth-order valence-electron chi connectivity index (χ4n) is 2.52. The zero-order valence-corrected chi connectivity index (χ0v) is 15.3. The van der Waals surface area contributed by atoms with Crippen LogP contribution in [0.4, 0.5) is 5.82 Å². The van der Waals surface area contributed by atoms with Crippen LogP contribution in [0.1, 0.15) is 28.0 Å². The van der Waals surface area contributed by atoms with Crippen LogP contribution >= 0.6 is 11.6 Å². The standard InChI is InChI=1S/C18H18ClN5O3/c1-12-8-16(22-24(12)11-13-4-2-3-5-15(13)19)21-18(27)14-9-20-23(10-14)7-6-17(25)26/h2-5,8-10H,6-7,11H2,1H3,(H,25,26)(H,21,22,27). The smallest absolute Gasteiger partial charge is 0.305 e. The van der Waals surface area contributed by atoms with Crippen molar-refractivity contribution in [2.45, 2.75) is 26.4 Å². The fraction of sp³-hybridized carbons (Fsp3) is 0.222. The van der Waals surface area contributed by atoms with Crippen LogP contribution < -0.4 is 5.32 Å². The van der Waals surface area contributed by atoms with E-state index in [4.69, 9.17) is 16.7 Å². The number of benzene rings is 1. The van der Waals surface area contributed by atoms with E-state index in [9.17, 15) is 9.59 Å². The molecule has 0 unspecified atom stereocenters. The first-order valence-electron chi connectivity index (χ1n) is 8.26. The van der Waals surface area contributed by atoms with Gasteiger partial charge >= 0.3 is 5.97 Å². The summed E-state index contributed by atoms with van der Waals surface area (Å²) in [4.78, 5) is 22.9. The second-order valence-corrected chi connectivity index (χ2v) is 6.42. The third-order valence-electron chi connectivity index (χ3n) is 3.95. The maximum atomic E-state index is 12.3. The van der Waals surface area contributed by atoms with E-state index in [-0.39, 0.29) is 18.9 Å². The Bertz CT molecular complexity index is 979. The minimum absolute atomic E-state index is 0.0611. The number of carbonyl (C=O) groups is 2. The van der Waals surface area contributed by atoms with Gasteiger partial charge in [0.25, 0.3) is 5.91 Å². The summed E-state index contributed by atoms with van der Waals surface area (Å²) in [5, 5.41) is 20.5. The molecular weight excluding hydrogens is 370 g/mol. The number of carbonyl (C=O) groups excluding carboxylic acids is 1. The monoisotopic (exact) mass is 387 g/mol. The molecule has 0 aliphatic heterocycles. The summed E-state index contributed by atoms with van der Waals surface area (Å²) in [5.41, 5.74) is 2.14. The quantitative estimate of drug-likeness (QED) is 0.649. The van der Waals surface area contributed by atoms with E-state index in [1.54, 1.807) is 10.7 Å². The minimum Gasteiger partial charge on any atom is -0.481 e. The summed E-state index contributed by atoms with van der Waals surface area (Å²) in [6, 6.07) is 9.28. The van der Waals surface area contributed by atoms with E-state index in [0.29, 0.717) is 22.9 Å². The molecule has 3 rings (SSSR count). The number of carboxylic acids is 1. The number of halogens is 1. The number of aliphatic carboxylic acids is 1. The Kier molecular flexibility index (Phi) is 5.56. The van der Waals surface area contributed by atoms with E-state index in [0.717, 1.165) is 11.3 Å². The average molecular weight is 388 g/mol. The molecular formula is C18H18ClN5O3. The molecule has 0 atom stereocenters. The van der Waals surface area contributed by atoms with Crippen molar-refractivity contribution in [1.82, 2.24) is 19.6 Å². The molecule has 2 aromatic heterocycles. The largest absolute Gasteiger partial charge is 0.481 e.